The van der Waals surface area contributed by atoms with Crippen LogP contribution in [0.4, 0.5) is 0 Å². The number of rotatable bonds is 4. The Bertz CT molecular complexity index is 342. The van der Waals surface area contributed by atoms with E-state index in [9.17, 15) is 4.80 Å². The molecule has 0 fully saturated rings. The van der Waals surface area contributed by atoms with Gasteiger partial charge in [-0.3, -0.25) is 0 Å². The van der Waals surface area contributed by atoms with Crippen molar-refractivity contribution in [1.29, 1.82) is 0 Å². The summed E-state index contributed by atoms with van der Waals surface area (Å²) in [6.45, 7) is 8.49. The van der Waals surface area contributed by atoms with Crippen LogP contribution in [0.1, 0.15) is 33.3 Å². The van der Waals surface area contributed by atoms with Crippen molar-refractivity contribution < 1.29 is 4.80 Å². The van der Waals surface area contributed by atoms with Gasteiger partial charge in [0, 0.05) is 5.02 Å². The highest BCUT2D eigenvalue weighted by molar-refractivity contribution is 6.74. The third-order valence-electron chi connectivity index (χ3n) is 3.38. The minimum atomic E-state index is -2.23. The Morgan fingerprint density at radius 1 is 1.19 bits per heavy atom. The van der Waals surface area contributed by atoms with Crippen LogP contribution in [0.3, 0.4) is 0 Å². The van der Waals surface area contributed by atoms with Gasteiger partial charge < -0.3 is 4.80 Å². The van der Waals surface area contributed by atoms with Crippen LogP contribution in [0.15, 0.2) is 24.3 Å². The molecule has 0 aromatic heterocycles. The largest absolute Gasteiger partial charge is 0.431 e. The van der Waals surface area contributed by atoms with E-state index in [0.717, 1.165) is 16.6 Å². The van der Waals surface area contributed by atoms with Gasteiger partial charge in [0.2, 0.25) is 0 Å². The van der Waals surface area contributed by atoms with Crippen molar-refractivity contribution in [3.8, 4) is 0 Å². The molecule has 3 heteroatoms. The van der Waals surface area contributed by atoms with Crippen LogP contribution in [0.5, 0.6) is 0 Å². The van der Waals surface area contributed by atoms with E-state index in [1.54, 1.807) is 0 Å². The van der Waals surface area contributed by atoms with Crippen LogP contribution in [0.2, 0.25) is 16.1 Å². The molecule has 1 N–H and O–H groups in total. The third kappa shape index (κ3) is 3.09. The lowest BCUT2D eigenvalue weighted by molar-refractivity contribution is 0.490. The van der Waals surface area contributed by atoms with E-state index in [0.29, 0.717) is 11.1 Å². The molecule has 16 heavy (non-hydrogen) atoms. The highest BCUT2D eigenvalue weighted by atomic mass is 35.5. The average molecular weight is 257 g/mol. The summed E-state index contributed by atoms with van der Waals surface area (Å²) >= 11 is 5.97. The first-order chi connectivity index (χ1) is 7.36. The van der Waals surface area contributed by atoms with Gasteiger partial charge in [-0.1, -0.05) is 51.4 Å². The van der Waals surface area contributed by atoms with Crippen molar-refractivity contribution in [2.75, 3.05) is 0 Å². The molecular weight excluding hydrogens is 236 g/mol. The summed E-state index contributed by atoms with van der Waals surface area (Å²) in [5.74, 6) is 0. The molecule has 1 rings (SSSR count). The van der Waals surface area contributed by atoms with E-state index in [2.05, 4.69) is 33.8 Å². The zero-order valence-corrected chi connectivity index (χ0v) is 12.3. The van der Waals surface area contributed by atoms with Crippen molar-refractivity contribution in [2.24, 2.45) is 0 Å². The van der Waals surface area contributed by atoms with E-state index in [4.69, 9.17) is 11.6 Å². The van der Waals surface area contributed by atoms with E-state index < -0.39 is 8.32 Å². The molecule has 90 valence electrons. The van der Waals surface area contributed by atoms with Gasteiger partial charge in [-0.2, -0.15) is 0 Å². The summed E-state index contributed by atoms with van der Waals surface area (Å²) in [6.07, 6.45) is 0. The van der Waals surface area contributed by atoms with Gasteiger partial charge in [0.1, 0.15) is 0 Å². The van der Waals surface area contributed by atoms with Gasteiger partial charge >= 0.3 is 0 Å². The lowest BCUT2D eigenvalue weighted by atomic mass is 10.2. The Hall–Kier alpha value is -0.313. The van der Waals surface area contributed by atoms with E-state index in [1.165, 1.54) is 0 Å². The summed E-state index contributed by atoms with van der Waals surface area (Å²) in [5, 5.41) is 0.751. The molecule has 0 aliphatic heterocycles. The Balaban J connectivity index is 2.93. The standard InChI is InChI=1S/C13H21ClOSi/c1-10(2)16(15,11(3)4)9-12-6-5-7-13(14)8-12/h5-8,10-11,15H,9H2,1-4H3. The highest BCUT2D eigenvalue weighted by Gasteiger charge is 2.38. The predicted molar refractivity (Wildman–Crippen MR) is 73.3 cm³/mol. The molecule has 0 saturated heterocycles. The molecule has 0 unspecified atom stereocenters. The predicted octanol–water partition coefficient (Wildman–Crippen LogP) is 4.18. The molecule has 1 aromatic rings. The molecule has 0 aliphatic carbocycles. The molecule has 1 nitrogen and oxygen atoms in total. The lowest BCUT2D eigenvalue weighted by Gasteiger charge is -2.33. The molecule has 0 saturated carbocycles. The lowest BCUT2D eigenvalue weighted by Crippen LogP contribution is -2.44. The van der Waals surface area contributed by atoms with Crippen LogP contribution >= 0.6 is 11.6 Å². The SMILES string of the molecule is CC(C)[Si](O)(Cc1cccc(Cl)c1)C(C)C. The van der Waals surface area contributed by atoms with Crippen LogP contribution in [-0.4, -0.2) is 13.1 Å². The number of benzene rings is 1. The zero-order valence-electron chi connectivity index (χ0n) is 10.5. The smallest absolute Gasteiger partial charge is 0.197 e. The van der Waals surface area contributed by atoms with Gasteiger partial charge in [0.25, 0.3) is 0 Å². The molecule has 0 atom stereocenters. The van der Waals surface area contributed by atoms with E-state index >= 15 is 0 Å². The Morgan fingerprint density at radius 3 is 2.19 bits per heavy atom. The maximum absolute atomic E-state index is 10.8. The topological polar surface area (TPSA) is 20.2 Å². The van der Waals surface area contributed by atoms with E-state index in [1.807, 2.05) is 18.2 Å². The second-order valence-electron chi connectivity index (χ2n) is 5.11. The van der Waals surface area contributed by atoms with Gasteiger partial charge in [0.15, 0.2) is 8.32 Å². The molecule has 0 bridgehead atoms. The summed E-state index contributed by atoms with van der Waals surface area (Å²) in [7, 11) is -2.23. The fraction of sp³-hybridized carbons (Fsp3) is 0.538. The monoisotopic (exact) mass is 256 g/mol. The maximum atomic E-state index is 10.8. The second-order valence-corrected chi connectivity index (χ2v) is 10.2. The van der Waals surface area contributed by atoms with Gasteiger partial charge in [-0.25, -0.2) is 0 Å². The first-order valence-electron chi connectivity index (χ1n) is 5.83. The van der Waals surface area contributed by atoms with Crippen LogP contribution in [0, 0.1) is 0 Å². The van der Waals surface area contributed by atoms with Crippen LogP contribution in [-0.2, 0) is 6.04 Å². The highest BCUT2D eigenvalue weighted by Crippen LogP contribution is 2.32. The minimum absolute atomic E-state index is 0.367. The van der Waals surface area contributed by atoms with Crippen molar-refractivity contribution in [3.05, 3.63) is 34.9 Å². The Kier molecular flexibility index (Phi) is 4.59. The summed E-state index contributed by atoms with van der Waals surface area (Å²) in [5.41, 5.74) is 1.89. The summed E-state index contributed by atoms with van der Waals surface area (Å²) in [4.78, 5) is 10.8. The van der Waals surface area contributed by atoms with Crippen molar-refractivity contribution in [1.82, 2.24) is 0 Å². The number of hydrogen-bond donors (Lipinski definition) is 1. The molecule has 0 amide bonds. The van der Waals surface area contributed by atoms with Gasteiger partial charge in [-0.05, 0) is 34.8 Å². The third-order valence-corrected chi connectivity index (χ3v) is 8.58. The molecular formula is C13H21ClOSi. The summed E-state index contributed by atoms with van der Waals surface area (Å²) in [6, 6.07) is 8.63. The zero-order chi connectivity index (χ0) is 12.3. The Labute approximate surface area is 105 Å². The number of hydrogen-bond acceptors (Lipinski definition) is 1. The number of halogens is 1. The fourth-order valence-electron chi connectivity index (χ4n) is 2.05. The maximum Gasteiger partial charge on any atom is 0.197 e. The minimum Gasteiger partial charge on any atom is -0.431 e. The van der Waals surface area contributed by atoms with Crippen LogP contribution in [0.25, 0.3) is 0 Å². The first kappa shape index (κ1) is 13.8. The van der Waals surface area contributed by atoms with Gasteiger partial charge in [0.05, 0.1) is 0 Å². The summed E-state index contributed by atoms with van der Waals surface area (Å²) < 4.78 is 0. The molecule has 0 heterocycles. The van der Waals surface area contributed by atoms with Crippen molar-refractivity contribution in [3.63, 3.8) is 0 Å². The fourth-order valence-corrected chi connectivity index (χ4v) is 5.29. The van der Waals surface area contributed by atoms with Crippen LogP contribution < -0.4 is 0 Å². The normalized spacial score (nSPS) is 12.5. The van der Waals surface area contributed by atoms with Crippen molar-refractivity contribution >= 4 is 19.9 Å². The molecule has 1 aromatic carbocycles. The molecule has 0 spiro atoms. The molecule has 0 aliphatic rings. The second kappa shape index (κ2) is 5.35. The van der Waals surface area contributed by atoms with E-state index in [-0.39, 0.29) is 0 Å². The van der Waals surface area contributed by atoms with Gasteiger partial charge in [-0.15, -0.1) is 0 Å². The average Bonchev–Trinajstić information content (AvgIpc) is 2.16. The first-order valence-corrected chi connectivity index (χ1v) is 8.51. The quantitative estimate of drug-likeness (QED) is 0.802. The molecule has 0 radical (unpaired) electrons. The Morgan fingerprint density at radius 2 is 1.75 bits per heavy atom. The van der Waals surface area contributed by atoms with Crippen molar-refractivity contribution in [2.45, 2.75) is 44.8 Å².